The SMILES string of the molecule is CC1=C(/C=C/C(C)=C/C=C/C(C)=C\C(=O)NCCc2ccc(O)cc2)C(C)(C)CC=C1c1cccnc1. The standard InChI is InChI=1S/C33H38N2O2/c1-24(8-6-9-25(2)22-32(37)35-21-18-27-12-14-29(36)15-13-27)11-16-31-26(3)30(17-19-33(31,4)5)28-10-7-20-34-23-28/h6-17,20,22-23,36H,18-19,21H2,1-5H3,(H,35,37)/b9-6+,16-11+,24-8+,25-22-. The third-order valence-corrected chi connectivity index (χ3v) is 6.57. The molecule has 0 bridgehead atoms. The molecule has 0 fully saturated rings. The number of allylic oxidation sites excluding steroid dienone is 11. The van der Waals surface area contributed by atoms with Gasteiger partial charge in [-0.2, -0.15) is 0 Å². The summed E-state index contributed by atoms with van der Waals surface area (Å²) >= 11 is 0. The van der Waals surface area contributed by atoms with E-state index < -0.39 is 0 Å². The van der Waals surface area contributed by atoms with E-state index in [4.69, 9.17) is 0 Å². The zero-order chi connectivity index (χ0) is 26.8. The molecule has 0 spiro atoms. The molecule has 2 N–H and O–H groups in total. The topological polar surface area (TPSA) is 62.2 Å². The fourth-order valence-electron chi connectivity index (χ4n) is 4.40. The highest BCUT2D eigenvalue weighted by Gasteiger charge is 2.27. The molecule has 2 aromatic rings. The van der Waals surface area contributed by atoms with Gasteiger partial charge in [-0.1, -0.05) is 74.1 Å². The molecule has 1 aromatic heterocycles. The Morgan fingerprint density at radius 3 is 2.57 bits per heavy atom. The van der Waals surface area contributed by atoms with Gasteiger partial charge in [0.2, 0.25) is 5.91 Å². The Kier molecular flexibility index (Phi) is 9.62. The van der Waals surface area contributed by atoms with Gasteiger partial charge in [0.05, 0.1) is 0 Å². The first-order chi connectivity index (χ1) is 17.7. The van der Waals surface area contributed by atoms with Crippen molar-refractivity contribution in [3.63, 3.8) is 0 Å². The Bertz CT molecular complexity index is 1270. The Morgan fingerprint density at radius 1 is 1.11 bits per heavy atom. The first-order valence-electron chi connectivity index (χ1n) is 12.7. The van der Waals surface area contributed by atoms with Crippen LogP contribution in [0.1, 0.15) is 52.2 Å². The lowest BCUT2D eigenvalue weighted by Crippen LogP contribution is -2.23. The highest BCUT2D eigenvalue weighted by atomic mass is 16.3. The Hall–Kier alpha value is -3.92. The van der Waals surface area contributed by atoms with Crippen LogP contribution < -0.4 is 5.32 Å². The lowest BCUT2D eigenvalue weighted by atomic mass is 9.72. The number of nitrogens with zero attached hydrogens (tertiary/aromatic N) is 1. The van der Waals surface area contributed by atoms with Gasteiger partial charge in [-0.25, -0.2) is 0 Å². The number of carbonyl (C=O) groups is 1. The van der Waals surface area contributed by atoms with Crippen molar-refractivity contribution in [1.82, 2.24) is 10.3 Å². The number of amides is 1. The van der Waals surface area contributed by atoms with E-state index in [-0.39, 0.29) is 17.1 Å². The second-order valence-electron chi connectivity index (χ2n) is 10.2. The van der Waals surface area contributed by atoms with Crippen LogP contribution in [0.2, 0.25) is 0 Å². The fraction of sp³-hybridized carbons (Fsp3) is 0.273. The van der Waals surface area contributed by atoms with Crippen LogP contribution in [0.4, 0.5) is 0 Å². The smallest absolute Gasteiger partial charge is 0.244 e. The highest BCUT2D eigenvalue weighted by Crippen LogP contribution is 2.43. The summed E-state index contributed by atoms with van der Waals surface area (Å²) in [4.78, 5) is 16.5. The molecule has 1 aromatic carbocycles. The molecule has 0 saturated heterocycles. The summed E-state index contributed by atoms with van der Waals surface area (Å²) in [5, 5.41) is 12.3. The number of hydrogen-bond acceptors (Lipinski definition) is 3. The third-order valence-electron chi connectivity index (χ3n) is 6.57. The second kappa shape index (κ2) is 12.9. The summed E-state index contributed by atoms with van der Waals surface area (Å²) in [7, 11) is 0. The van der Waals surface area contributed by atoms with Crippen LogP contribution in [0, 0.1) is 5.41 Å². The number of carbonyl (C=O) groups excluding carboxylic acids is 1. The molecule has 0 atom stereocenters. The average molecular weight is 495 g/mol. The summed E-state index contributed by atoms with van der Waals surface area (Å²) in [6.45, 7) is 11.3. The van der Waals surface area contributed by atoms with Crippen molar-refractivity contribution < 1.29 is 9.90 Å². The van der Waals surface area contributed by atoms with Crippen molar-refractivity contribution in [1.29, 1.82) is 0 Å². The van der Waals surface area contributed by atoms with Gasteiger partial charge in [0.1, 0.15) is 5.75 Å². The molecule has 4 nitrogen and oxygen atoms in total. The number of aromatic hydroxyl groups is 1. The number of phenolic OH excluding ortho intramolecular Hbond substituents is 1. The molecule has 1 aliphatic carbocycles. The lowest BCUT2D eigenvalue weighted by molar-refractivity contribution is -0.116. The van der Waals surface area contributed by atoms with Crippen LogP contribution in [0.15, 0.2) is 114 Å². The lowest BCUT2D eigenvalue weighted by Gasteiger charge is -2.32. The van der Waals surface area contributed by atoms with Crippen LogP contribution in [-0.2, 0) is 11.2 Å². The Balaban J connectivity index is 1.58. The molecule has 0 radical (unpaired) electrons. The molecule has 192 valence electrons. The predicted octanol–water partition coefficient (Wildman–Crippen LogP) is 7.28. The van der Waals surface area contributed by atoms with Crippen LogP contribution in [0.5, 0.6) is 5.75 Å². The minimum absolute atomic E-state index is 0.0668. The van der Waals surface area contributed by atoms with Crippen molar-refractivity contribution >= 4 is 11.5 Å². The largest absolute Gasteiger partial charge is 0.508 e. The van der Waals surface area contributed by atoms with E-state index in [0.29, 0.717) is 6.54 Å². The molecule has 4 heteroatoms. The van der Waals surface area contributed by atoms with Gasteiger partial charge >= 0.3 is 0 Å². The van der Waals surface area contributed by atoms with E-state index in [2.05, 4.69) is 68.4 Å². The monoisotopic (exact) mass is 494 g/mol. The van der Waals surface area contributed by atoms with Gasteiger partial charge in [0, 0.05) is 25.0 Å². The maximum absolute atomic E-state index is 12.2. The van der Waals surface area contributed by atoms with E-state index >= 15 is 0 Å². The minimum Gasteiger partial charge on any atom is -0.508 e. The van der Waals surface area contributed by atoms with E-state index in [1.165, 1.54) is 16.7 Å². The Labute approximate surface area is 221 Å². The number of pyridine rings is 1. The first-order valence-corrected chi connectivity index (χ1v) is 12.7. The van der Waals surface area contributed by atoms with E-state index in [1.807, 2.05) is 43.5 Å². The van der Waals surface area contributed by atoms with Crippen molar-refractivity contribution in [2.24, 2.45) is 5.41 Å². The fourth-order valence-corrected chi connectivity index (χ4v) is 4.40. The molecule has 1 amide bonds. The van der Waals surface area contributed by atoms with Crippen LogP contribution in [0.3, 0.4) is 0 Å². The van der Waals surface area contributed by atoms with Crippen molar-refractivity contribution in [3.05, 3.63) is 125 Å². The van der Waals surface area contributed by atoms with Gasteiger partial charge in [-0.05, 0) is 90.6 Å². The van der Waals surface area contributed by atoms with Crippen molar-refractivity contribution in [2.75, 3.05) is 6.54 Å². The van der Waals surface area contributed by atoms with Crippen molar-refractivity contribution in [2.45, 2.75) is 47.5 Å². The van der Waals surface area contributed by atoms with E-state index in [0.717, 1.165) is 35.1 Å². The molecule has 3 rings (SSSR count). The van der Waals surface area contributed by atoms with Gasteiger partial charge in [0.25, 0.3) is 0 Å². The molecule has 1 heterocycles. The minimum atomic E-state index is -0.110. The maximum Gasteiger partial charge on any atom is 0.244 e. The van der Waals surface area contributed by atoms with E-state index in [1.54, 1.807) is 24.4 Å². The molecule has 37 heavy (non-hydrogen) atoms. The quantitative estimate of drug-likeness (QED) is 0.284. The number of rotatable bonds is 9. The van der Waals surface area contributed by atoms with Gasteiger partial charge < -0.3 is 10.4 Å². The van der Waals surface area contributed by atoms with Crippen LogP contribution >= 0.6 is 0 Å². The maximum atomic E-state index is 12.2. The van der Waals surface area contributed by atoms with Crippen molar-refractivity contribution in [3.8, 4) is 5.75 Å². The summed E-state index contributed by atoms with van der Waals surface area (Å²) < 4.78 is 0. The van der Waals surface area contributed by atoms with Gasteiger partial charge in [-0.3, -0.25) is 9.78 Å². The highest BCUT2D eigenvalue weighted by molar-refractivity contribution is 5.88. The molecule has 1 aliphatic rings. The summed E-state index contributed by atoms with van der Waals surface area (Å²) in [5.74, 6) is 0.135. The number of aromatic nitrogens is 1. The zero-order valence-electron chi connectivity index (χ0n) is 22.6. The van der Waals surface area contributed by atoms with Gasteiger partial charge in [0.15, 0.2) is 0 Å². The normalized spacial score (nSPS) is 16.4. The number of phenols is 1. The average Bonchev–Trinajstić information content (AvgIpc) is 2.85. The van der Waals surface area contributed by atoms with Crippen LogP contribution in [0.25, 0.3) is 5.57 Å². The zero-order valence-corrected chi connectivity index (χ0v) is 22.6. The molecular weight excluding hydrogens is 456 g/mol. The molecule has 0 aliphatic heterocycles. The first kappa shape index (κ1) is 27.7. The third kappa shape index (κ3) is 8.32. The Morgan fingerprint density at radius 2 is 1.86 bits per heavy atom. The molecular formula is C33H38N2O2. The number of nitrogens with one attached hydrogen (secondary N) is 1. The van der Waals surface area contributed by atoms with Gasteiger partial charge in [-0.15, -0.1) is 0 Å². The number of benzene rings is 1. The summed E-state index contributed by atoms with van der Waals surface area (Å²) in [6.07, 6.45) is 19.7. The predicted molar refractivity (Wildman–Crippen MR) is 154 cm³/mol. The molecule has 0 saturated carbocycles. The number of hydrogen-bond donors (Lipinski definition) is 2. The van der Waals surface area contributed by atoms with E-state index in [9.17, 15) is 9.90 Å². The summed E-state index contributed by atoms with van der Waals surface area (Å²) in [6, 6.07) is 11.1. The molecule has 0 unspecified atom stereocenters. The summed E-state index contributed by atoms with van der Waals surface area (Å²) in [5.41, 5.74) is 8.20. The second-order valence-corrected chi connectivity index (χ2v) is 10.2. The van der Waals surface area contributed by atoms with Crippen LogP contribution in [-0.4, -0.2) is 22.5 Å².